The summed E-state index contributed by atoms with van der Waals surface area (Å²) in [5.41, 5.74) is 2.40. The number of alkyl halides is 6. The van der Waals surface area contributed by atoms with Crippen molar-refractivity contribution in [2.45, 2.75) is 33.5 Å². The van der Waals surface area contributed by atoms with Gasteiger partial charge in [-0.05, 0) is 117 Å². The molecule has 0 fully saturated rings. The van der Waals surface area contributed by atoms with Crippen molar-refractivity contribution in [3.05, 3.63) is 137 Å². The van der Waals surface area contributed by atoms with Gasteiger partial charge in [0.1, 0.15) is 52.0 Å². The minimum absolute atomic E-state index is 0.00831. The molecule has 0 saturated heterocycles. The van der Waals surface area contributed by atoms with Crippen LogP contribution in [0, 0.1) is 44.0 Å². The minimum Gasteiger partial charge on any atom is -0.507 e. The molecule has 0 aliphatic carbocycles. The molecule has 5 nitrogen and oxygen atoms in total. The van der Waals surface area contributed by atoms with Crippen LogP contribution in [-0.4, -0.2) is 30.0 Å². The highest BCUT2D eigenvalue weighted by molar-refractivity contribution is 5.82. The Morgan fingerprint density at radius 2 is 0.789 bits per heavy atom. The molecule has 0 saturated carbocycles. The van der Waals surface area contributed by atoms with E-state index in [0.29, 0.717) is 22.3 Å². The molecule has 0 atom stereocenters. The summed E-state index contributed by atoms with van der Waals surface area (Å²) in [5.74, 6) is -4.88. The number of halogens is 10. The maximum absolute atomic E-state index is 14.4. The van der Waals surface area contributed by atoms with E-state index in [9.17, 15) is 54.1 Å². The van der Waals surface area contributed by atoms with E-state index in [1.165, 1.54) is 31.4 Å². The van der Waals surface area contributed by atoms with Gasteiger partial charge in [-0.15, -0.1) is 26.3 Å². The van der Waals surface area contributed by atoms with Crippen molar-refractivity contribution in [3.8, 4) is 73.3 Å². The number of benzene rings is 6. The van der Waals surface area contributed by atoms with Crippen LogP contribution in [0.25, 0.3) is 44.5 Å². The topological polar surface area (TPSA) is 68.2 Å². The fourth-order valence-electron chi connectivity index (χ4n) is 5.87. The fourth-order valence-corrected chi connectivity index (χ4v) is 5.87. The molecule has 0 bridgehead atoms. The van der Waals surface area contributed by atoms with Gasteiger partial charge in [0, 0.05) is 38.9 Å². The van der Waals surface area contributed by atoms with Crippen LogP contribution in [-0.2, 0) is 0 Å². The van der Waals surface area contributed by atoms with E-state index in [4.69, 9.17) is 4.74 Å². The monoisotopic (exact) mass is 804 g/mol. The minimum atomic E-state index is -4.98. The molecule has 6 aromatic rings. The number of aromatic hydroxyl groups is 2. The number of hydrogen-bond donors (Lipinski definition) is 2. The summed E-state index contributed by atoms with van der Waals surface area (Å²) in [6, 6.07) is 18.9. The highest BCUT2D eigenvalue weighted by Gasteiger charge is 2.32. The first kappa shape index (κ1) is 41.8. The van der Waals surface area contributed by atoms with Gasteiger partial charge in [0.25, 0.3) is 0 Å². The Balaban J connectivity index is 0.000000218. The molecule has 6 rings (SSSR count). The molecule has 0 aliphatic heterocycles. The lowest BCUT2D eigenvalue weighted by atomic mass is 9.93. The summed E-state index contributed by atoms with van der Waals surface area (Å²) in [7, 11) is 1.35. The average Bonchev–Trinajstić information content (AvgIpc) is 3.12. The van der Waals surface area contributed by atoms with E-state index >= 15 is 0 Å². The summed E-state index contributed by atoms with van der Waals surface area (Å²) in [6.07, 6.45) is -9.88. The van der Waals surface area contributed by atoms with Crippen molar-refractivity contribution in [3.63, 3.8) is 0 Å². The van der Waals surface area contributed by atoms with Gasteiger partial charge >= 0.3 is 12.7 Å². The van der Waals surface area contributed by atoms with Crippen LogP contribution in [0.4, 0.5) is 43.9 Å². The summed E-state index contributed by atoms with van der Waals surface area (Å²) in [4.78, 5) is 0. The molecule has 2 N–H and O–H groups in total. The van der Waals surface area contributed by atoms with E-state index in [1.807, 2.05) is 6.92 Å². The second-order valence-electron chi connectivity index (χ2n) is 12.6. The van der Waals surface area contributed by atoms with Crippen LogP contribution in [0.1, 0.15) is 16.7 Å². The van der Waals surface area contributed by atoms with Gasteiger partial charge in [-0.1, -0.05) is 23.3 Å². The molecule has 0 heterocycles. The molecule has 15 heteroatoms. The van der Waals surface area contributed by atoms with Crippen LogP contribution in [0.5, 0.6) is 28.7 Å². The number of phenolic OH excluding ortho intramolecular Hbond substituents is 2. The largest absolute Gasteiger partial charge is 0.573 e. The zero-order valence-corrected chi connectivity index (χ0v) is 30.1. The van der Waals surface area contributed by atoms with Crippen molar-refractivity contribution in [2.75, 3.05) is 7.11 Å². The molecule has 6 aromatic carbocycles. The number of hydrogen-bond acceptors (Lipinski definition) is 5. The van der Waals surface area contributed by atoms with Gasteiger partial charge in [0.05, 0.1) is 7.11 Å². The quantitative estimate of drug-likeness (QED) is 0.124. The lowest BCUT2D eigenvalue weighted by Crippen LogP contribution is -2.17. The van der Waals surface area contributed by atoms with Crippen LogP contribution in [0.2, 0.25) is 0 Å². The second kappa shape index (κ2) is 16.4. The average molecular weight is 805 g/mol. The van der Waals surface area contributed by atoms with E-state index < -0.39 is 64.6 Å². The Kier molecular flexibility index (Phi) is 12.0. The Morgan fingerprint density at radius 1 is 0.421 bits per heavy atom. The molecule has 0 amide bonds. The number of aryl methyl sites for hydroxylation is 3. The van der Waals surface area contributed by atoms with Crippen molar-refractivity contribution < 1.29 is 68.3 Å². The van der Waals surface area contributed by atoms with E-state index in [0.717, 1.165) is 54.1 Å². The summed E-state index contributed by atoms with van der Waals surface area (Å²) in [6.45, 7) is 5.23. The Labute approximate surface area is 318 Å². The van der Waals surface area contributed by atoms with Crippen molar-refractivity contribution in [1.29, 1.82) is 0 Å². The second-order valence-corrected chi connectivity index (χ2v) is 12.6. The molecule has 298 valence electrons. The van der Waals surface area contributed by atoms with E-state index in [2.05, 4.69) is 9.47 Å². The van der Waals surface area contributed by atoms with Gasteiger partial charge < -0.3 is 24.4 Å². The molecule has 0 unspecified atom stereocenters. The Hall–Kier alpha value is -6.38. The van der Waals surface area contributed by atoms with Crippen molar-refractivity contribution >= 4 is 0 Å². The van der Waals surface area contributed by atoms with Gasteiger partial charge in [0.2, 0.25) is 0 Å². The smallest absolute Gasteiger partial charge is 0.507 e. The third-order valence-electron chi connectivity index (χ3n) is 8.41. The fraction of sp³-hybridized carbons (Fsp3) is 0.143. The molecular weight excluding hydrogens is 774 g/mol. The van der Waals surface area contributed by atoms with Crippen LogP contribution >= 0.6 is 0 Å². The highest BCUT2D eigenvalue weighted by Crippen LogP contribution is 2.43. The van der Waals surface area contributed by atoms with Crippen LogP contribution < -0.4 is 14.2 Å². The molecule has 57 heavy (non-hydrogen) atoms. The lowest BCUT2D eigenvalue weighted by molar-refractivity contribution is -0.275. The maximum atomic E-state index is 14.4. The summed E-state index contributed by atoms with van der Waals surface area (Å²) >= 11 is 0. The van der Waals surface area contributed by atoms with Gasteiger partial charge in [-0.2, -0.15) is 0 Å². The SMILES string of the molecule is COc1cc(-c2cc(C)ccc2F)c(C)cc1-c1cc(OC(F)(F)F)ccc1F.Cc1ccc(F)c(-c2cc(O)c(-c3cc(OC(F)(F)F)ccc3F)cc2O)c1. The number of phenols is 2. The first-order valence-electron chi connectivity index (χ1n) is 16.5. The summed E-state index contributed by atoms with van der Waals surface area (Å²) in [5, 5.41) is 20.6. The molecule has 0 aromatic heterocycles. The predicted molar refractivity (Wildman–Crippen MR) is 192 cm³/mol. The Morgan fingerprint density at radius 3 is 1.19 bits per heavy atom. The van der Waals surface area contributed by atoms with E-state index in [-0.39, 0.29) is 33.6 Å². The molecule has 0 spiro atoms. The molecule has 0 aliphatic rings. The van der Waals surface area contributed by atoms with Gasteiger partial charge in [0.15, 0.2) is 0 Å². The lowest BCUT2D eigenvalue weighted by Gasteiger charge is -2.16. The summed E-state index contributed by atoms with van der Waals surface area (Å²) < 4.78 is 145. The number of methoxy groups -OCH3 is 1. The standard InChI is InChI=1S/C22H17F5O2.C20H13F5O3/c1-12-4-6-19(23)16(8-12)15-11-21(28-3)18(9-13(15)2)17-10-14(5-7-20(17)24)29-22(25,26)27;1-10-2-4-16(21)12(6-10)14-8-19(27)15(9-18(14)26)13-7-11(3-5-17(13)22)28-20(23,24)25/h4-11H,1-3H3;2-9,26-27H,1H3. The predicted octanol–water partition coefficient (Wildman–Crippen LogP) is 12.7. The highest BCUT2D eigenvalue weighted by atomic mass is 19.4. The third-order valence-corrected chi connectivity index (χ3v) is 8.41. The number of rotatable bonds is 7. The van der Waals surface area contributed by atoms with E-state index in [1.54, 1.807) is 38.1 Å². The van der Waals surface area contributed by atoms with Gasteiger partial charge in [-0.25, -0.2) is 17.6 Å². The number of ether oxygens (including phenoxy) is 3. The Bertz CT molecular complexity index is 2440. The van der Waals surface area contributed by atoms with Crippen molar-refractivity contribution in [2.24, 2.45) is 0 Å². The maximum Gasteiger partial charge on any atom is 0.573 e. The van der Waals surface area contributed by atoms with Crippen molar-refractivity contribution in [1.82, 2.24) is 0 Å². The van der Waals surface area contributed by atoms with Crippen LogP contribution in [0.3, 0.4) is 0 Å². The zero-order chi connectivity index (χ0) is 42.0. The first-order chi connectivity index (χ1) is 26.6. The first-order valence-corrected chi connectivity index (χ1v) is 16.5. The third kappa shape index (κ3) is 10.1. The van der Waals surface area contributed by atoms with Crippen LogP contribution in [0.15, 0.2) is 97.1 Å². The molecule has 0 radical (unpaired) electrons. The van der Waals surface area contributed by atoms with Gasteiger partial charge in [-0.3, -0.25) is 0 Å². The normalized spacial score (nSPS) is 11.5. The zero-order valence-electron chi connectivity index (χ0n) is 30.1. The molecular formula is C42H30F10O5.